The van der Waals surface area contributed by atoms with Crippen molar-refractivity contribution in [2.75, 3.05) is 23.5 Å². The van der Waals surface area contributed by atoms with Crippen molar-refractivity contribution >= 4 is 39.8 Å². The summed E-state index contributed by atoms with van der Waals surface area (Å²) in [6.45, 7) is 4.19. The number of rotatable bonds is 6. The SMILES string of the molecule is CCOc1cc2nc(CC)c(C#N)c(N)c2cc1NC(=O)/C=C/CCl. The number of nitrogens with one attached hydrogen (secondary N) is 1. The normalized spacial score (nSPS) is 10.8. The van der Waals surface area contributed by atoms with Gasteiger partial charge in [-0.2, -0.15) is 5.26 Å². The molecule has 0 aliphatic carbocycles. The Morgan fingerprint density at radius 1 is 1.48 bits per heavy atom. The van der Waals surface area contributed by atoms with Crippen LogP contribution in [-0.2, 0) is 11.2 Å². The number of pyridine rings is 1. The Labute approximate surface area is 151 Å². The molecule has 1 heterocycles. The number of anilines is 2. The number of fused-ring (bicyclic) bond motifs is 1. The lowest BCUT2D eigenvalue weighted by Gasteiger charge is -2.14. The van der Waals surface area contributed by atoms with Crippen molar-refractivity contribution < 1.29 is 9.53 Å². The summed E-state index contributed by atoms with van der Waals surface area (Å²) in [4.78, 5) is 16.5. The highest BCUT2D eigenvalue weighted by atomic mass is 35.5. The first-order valence-electron chi connectivity index (χ1n) is 7.88. The van der Waals surface area contributed by atoms with Crippen LogP contribution in [0.4, 0.5) is 11.4 Å². The third kappa shape index (κ3) is 4.01. The number of hydrogen-bond donors (Lipinski definition) is 2. The maximum Gasteiger partial charge on any atom is 0.248 e. The van der Waals surface area contributed by atoms with Crippen LogP contribution >= 0.6 is 11.6 Å². The van der Waals surface area contributed by atoms with E-state index in [-0.39, 0.29) is 11.8 Å². The number of carbonyl (C=O) groups excluding carboxylic acids is 1. The van der Waals surface area contributed by atoms with E-state index in [9.17, 15) is 10.1 Å². The number of nitrogens with zero attached hydrogens (tertiary/aromatic N) is 2. The van der Waals surface area contributed by atoms with E-state index in [1.165, 1.54) is 12.2 Å². The van der Waals surface area contributed by atoms with Crippen LogP contribution in [0.3, 0.4) is 0 Å². The first kappa shape index (κ1) is 18.6. The van der Waals surface area contributed by atoms with E-state index < -0.39 is 0 Å². The van der Waals surface area contributed by atoms with Crippen molar-refractivity contribution in [2.45, 2.75) is 20.3 Å². The Bertz CT molecular complexity index is 872. The maximum atomic E-state index is 12.0. The molecule has 0 radical (unpaired) electrons. The van der Waals surface area contributed by atoms with Crippen molar-refractivity contribution in [1.82, 2.24) is 4.98 Å². The van der Waals surface area contributed by atoms with Crippen molar-refractivity contribution in [3.05, 3.63) is 35.5 Å². The molecule has 0 saturated carbocycles. The summed E-state index contributed by atoms with van der Waals surface area (Å²) in [6, 6.07) is 5.50. The van der Waals surface area contributed by atoms with Crippen LogP contribution in [0, 0.1) is 11.3 Å². The largest absolute Gasteiger partial charge is 0.492 e. The number of aryl methyl sites for hydroxylation is 1. The Morgan fingerprint density at radius 3 is 2.84 bits per heavy atom. The molecule has 3 N–H and O–H groups in total. The minimum atomic E-state index is -0.335. The van der Waals surface area contributed by atoms with E-state index in [2.05, 4.69) is 16.4 Å². The number of allylic oxidation sites excluding steroid dienone is 1. The van der Waals surface area contributed by atoms with E-state index in [1.807, 2.05) is 13.8 Å². The minimum Gasteiger partial charge on any atom is -0.492 e. The zero-order valence-electron chi connectivity index (χ0n) is 14.1. The number of benzene rings is 1. The lowest BCUT2D eigenvalue weighted by atomic mass is 10.0. The number of halogens is 1. The summed E-state index contributed by atoms with van der Waals surface area (Å²) >= 11 is 5.54. The lowest BCUT2D eigenvalue weighted by molar-refractivity contribution is -0.111. The van der Waals surface area contributed by atoms with Gasteiger partial charge < -0.3 is 15.8 Å². The summed E-state index contributed by atoms with van der Waals surface area (Å²) in [5.74, 6) is 0.394. The summed E-state index contributed by atoms with van der Waals surface area (Å²) in [7, 11) is 0. The zero-order valence-corrected chi connectivity index (χ0v) is 14.9. The number of ether oxygens (including phenoxy) is 1. The molecule has 0 aliphatic heterocycles. The molecule has 0 saturated heterocycles. The molecule has 2 rings (SSSR count). The van der Waals surface area contributed by atoms with Gasteiger partial charge in [0.25, 0.3) is 0 Å². The van der Waals surface area contributed by atoms with Gasteiger partial charge in [0, 0.05) is 23.4 Å². The fourth-order valence-corrected chi connectivity index (χ4v) is 2.54. The predicted octanol–water partition coefficient (Wildman–Crippen LogP) is 3.38. The fourth-order valence-electron chi connectivity index (χ4n) is 2.45. The van der Waals surface area contributed by atoms with Gasteiger partial charge in [0.2, 0.25) is 5.91 Å². The highest BCUT2D eigenvalue weighted by molar-refractivity contribution is 6.19. The van der Waals surface area contributed by atoms with Crippen molar-refractivity contribution in [1.29, 1.82) is 5.26 Å². The molecular formula is C18H19ClN4O2. The quantitative estimate of drug-likeness (QED) is 0.608. The van der Waals surface area contributed by atoms with Crippen LogP contribution in [0.2, 0.25) is 0 Å². The highest BCUT2D eigenvalue weighted by Crippen LogP contribution is 2.34. The van der Waals surface area contributed by atoms with Gasteiger partial charge >= 0.3 is 0 Å². The molecule has 0 unspecified atom stereocenters. The van der Waals surface area contributed by atoms with Gasteiger partial charge in [-0.05, 0) is 19.4 Å². The number of nitriles is 1. The van der Waals surface area contributed by atoms with Crippen molar-refractivity contribution in [3.63, 3.8) is 0 Å². The van der Waals surface area contributed by atoms with Crippen molar-refractivity contribution in [3.8, 4) is 11.8 Å². The number of nitrogens with two attached hydrogens (primary N) is 1. The molecule has 25 heavy (non-hydrogen) atoms. The topological polar surface area (TPSA) is 101 Å². The van der Waals surface area contributed by atoms with Crippen LogP contribution in [0.15, 0.2) is 24.3 Å². The van der Waals surface area contributed by atoms with Gasteiger partial charge in [0.1, 0.15) is 11.8 Å². The average molecular weight is 359 g/mol. The molecule has 2 aromatic rings. The van der Waals surface area contributed by atoms with Crippen molar-refractivity contribution in [2.24, 2.45) is 0 Å². The van der Waals surface area contributed by atoms with Gasteiger partial charge in [-0.25, -0.2) is 0 Å². The highest BCUT2D eigenvalue weighted by Gasteiger charge is 2.16. The Morgan fingerprint density at radius 2 is 2.24 bits per heavy atom. The molecule has 1 aromatic heterocycles. The molecule has 130 valence electrons. The van der Waals surface area contributed by atoms with Crippen LogP contribution in [0.1, 0.15) is 25.1 Å². The van der Waals surface area contributed by atoms with Crippen LogP contribution in [0.5, 0.6) is 5.75 Å². The summed E-state index contributed by atoms with van der Waals surface area (Å²) < 4.78 is 5.61. The third-order valence-corrected chi connectivity index (χ3v) is 3.74. The molecule has 0 atom stereocenters. The van der Waals surface area contributed by atoms with Gasteiger partial charge in [-0.1, -0.05) is 13.0 Å². The fraction of sp³-hybridized carbons (Fsp3) is 0.278. The number of nitrogen functional groups attached to an aromatic ring is 1. The smallest absolute Gasteiger partial charge is 0.248 e. The summed E-state index contributed by atoms with van der Waals surface area (Å²) in [5.41, 5.74) is 8.58. The molecule has 0 spiro atoms. The van der Waals surface area contributed by atoms with Crippen LogP contribution in [0.25, 0.3) is 10.9 Å². The van der Waals surface area contributed by atoms with E-state index in [0.717, 1.165) is 0 Å². The molecule has 6 nitrogen and oxygen atoms in total. The molecule has 1 amide bonds. The standard InChI is InChI=1S/C18H19ClN4O2/c1-3-13-12(10-20)18(21)11-8-15(23-17(24)6-5-7-19)16(25-4-2)9-14(11)22-13/h5-6,8-9H,3-4,7H2,1-2H3,(H2,21,22)(H,23,24)/b6-5+. The second-order valence-corrected chi connectivity index (χ2v) is 5.47. The van der Waals surface area contributed by atoms with E-state index >= 15 is 0 Å². The zero-order chi connectivity index (χ0) is 18.4. The summed E-state index contributed by atoms with van der Waals surface area (Å²) in [5, 5.41) is 12.7. The summed E-state index contributed by atoms with van der Waals surface area (Å²) in [6.07, 6.45) is 3.47. The Kier molecular flexibility index (Phi) is 6.20. The molecule has 0 bridgehead atoms. The third-order valence-electron chi connectivity index (χ3n) is 3.56. The van der Waals surface area contributed by atoms with Gasteiger partial charge in [-0.15, -0.1) is 11.6 Å². The molecule has 0 fully saturated rings. The minimum absolute atomic E-state index is 0.242. The maximum absolute atomic E-state index is 12.0. The monoisotopic (exact) mass is 358 g/mol. The number of hydrogen-bond acceptors (Lipinski definition) is 5. The Balaban J connectivity index is 2.62. The first-order chi connectivity index (χ1) is 12.0. The van der Waals surface area contributed by atoms with E-state index in [0.29, 0.717) is 52.3 Å². The van der Waals surface area contributed by atoms with E-state index in [1.54, 1.807) is 12.1 Å². The van der Waals surface area contributed by atoms with Gasteiger partial charge in [0.05, 0.1) is 34.8 Å². The second-order valence-electron chi connectivity index (χ2n) is 5.16. The van der Waals surface area contributed by atoms with E-state index in [4.69, 9.17) is 22.1 Å². The van der Waals surface area contributed by atoms with Gasteiger partial charge in [-0.3, -0.25) is 9.78 Å². The number of alkyl halides is 1. The Hall–Kier alpha value is -2.78. The second kappa shape index (κ2) is 8.36. The number of aromatic nitrogens is 1. The molecular weight excluding hydrogens is 340 g/mol. The van der Waals surface area contributed by atoms with Crippen LogP contribution in [-0.4, -0.2) is 23.4 Å². The van der Waals surface area contributed by atoms with Crippen LogP contribution < -0.4 is 15.8 Å². The number of carbonyl (C=O) groups is 1. The predicted molar refractivity (Wildman–Crippen MR) is 99.9 cm³/mol. The van der Waals surface area contributed by atoms with Gasteiger partial charge in [0.15, 0.2) is 0 Å². The molecule has 7 heteroatoms. The number of amides is 1. The molecule has 0 aliphatic rings. The first-order valence-corrected chi connectivity index (χ1v) is 8.41. The molecule has 1 aromatic carbocycles. The average Bonchev–Trinajstić information content (AvgIpc) is 2.61. The lowest BCUT2D eigenvalue weighted by Crippen LogP contribution is -2.10.